The van der Waals surface area contributed by atoms with E-state index in [0.29, 0.717) is 24.6 Å². The third-order valence-electron chi connectivity index (χ3n) is 4.29. The highest BCUT2D eigenvalue weighted by Crippen LogP contribution is 2.25. The second-order valence-corrected chi connectivity index (χ2v) is 6.09. The van der Waals surface area contributed by atoms with E-state index in [0.717, 1.165) is 19.5 Å². The number of nitrogens with two attached hydrogens (primary N) is 1. The van der Waals surface area contributed by atoms with Crippen LogP contribution in [0.25, 0.3) is 0 Å². The average molecular weight is 258 g/mol. The van der Waals surface area contributed by atoms with E-state index in [1.54, 1.807) is 14.2 Å². The summed E-state index contributed by atoms with van der Waals surface area (Å²) < 4.78 is 11.1. The molecular weight excluding hydrogens is 228 g/mol. The summed E-state index contributed by atoms with van der Waals surface area (Å²) in [6.07, 6.45) is 2.48. The van der Waals surface area contributed by atoms with Gasteiger partial charge in [0.2, 0.25) is 0 Å². The Morgan fingerprint density at radius 1 is 1.39 bits per heavy atom. The normalized spacial score (nSPS) is 28.3. The molecule has 3 atom stereocenters. The summed E-state index contributed by atoms with van der Waals surface area (Å²) in [5.74, 6) is 0.639. The minimum absolute atomic E-state index is 0.115. The number of likely N-dealkylation sites (tertiary alicyclic amines) is 1. The van der Waals surface area contributed by atoms with Crippen molar-refractivity contribution in [3.63, 3.8) is 0 Å². The van der Waals surface area contributed by atoms with Crippen LogP contribution in [0.3, 0.4) is 0 Å². The zero-order valence-corrected chi connectivity index (χ0v) is 12.6. The van der Waals surface area contributed by atoms with E-state index in [1.165, 1.54) is 6.42 Å². The maximum Gasteiger partial charge on any atom is 0.0724 e. The van der Waals surface area contributed by atoms with Gasteiger partial charge in [0, 0.05) is 33.4 Å². The SMILES string of the molecule is COC1CN(C(CN)CC(C)(C)OC)CCC1C. The summed E-state index contributed by atoms with van der Waals surface area (Å²) in [6.45, 7) is 9.29. The summed E-state index contributed by atoms with van der Waals surface area (Å²) in [5, 5.41) is 0. The molecule has 0 aromatic heterocycles. The van der Waals surface area contributed by atoms with Crippen molar-refractivity contribution >= 4 is 0 Å². The van der Waals surface area contributed by atoms with Crippen molar-refractivity contribution in [3.8, 4) is 0 Å². The van der Waals surface area contributed by atoms with Gasteiger partial charge in [-0.1, -0.05) is 6.92 Å². The Morgan fingerprint density at radius 2 is 2.06 bits per heavy atom. The van der Waals surface area contributed by atoms with Gasteiger partial charge in [-0.2, -0.15) is 0 Å². The highest BCUT2D eigenvalue weighted by atomic mass is 16.5. The highest BCUT2D eigenvalue weighted by Gasteiger charge is 2.32. The maximum absolute atomic E-state index is 5.95. The minimum atomic E-state index is -0.115. The van der Waals surface area contributed by atoms with E-state index in [2.05, 4.69) is 25.7 Å². The van der Waals surface area contributed by atoms with Crippen molar-refractivity contribution in [3.05, 3.63) is 0 Å². The van der Waals surface area contributed by atoms with Gasteiger partial charge >= 0.3 is 0 Å². The number of methoxy groups -OCH3 is 2. The quantitative estimate of drug-likeness (QED) is 0.784. The molecule has 0 radical (unpaired) electrons. The van der Waals surface area contributed by atoms with Crippen LogP contribution in [0.2, 0.25) is 0 Å². The van der Waals surface area contributed by atoms with Gasteiger partial charge in [-0.25, -0.2) is 0 Å². The van der Waals surface area contributed by atoms with Crippen molar-refractivity contribution in [1.82, 2.24) is 4.90 Å². The first-order chi connectivity index (χ1) is 8.43. The molecule has 1 heterocycles. The molecule has 2 N–H and O–H groups in total. The van der Waals surface area contributed by atoms with E-state index in [4.69, 9.17) is 15.2 Å². The number of piperidine rings is 1. The van der Waals surface area contributed by atoms with E-state index in [-0.39, 0.29) is 5.60 Å². The van der Waals surface area contributed by atoms with Crippen molar-refractivity contribution < 1.29 is 9.47 Å². The molecule has 4 heteroatoms. The summed E-state index contributed by atoms with van der Waals surface area (Å²) in [4.78, 5) is 2.47. The van der Waals surface area contributed by atoms with Gasteiger partial charge in [0.1, 0.15) is 0 Å². The standard InChI is InChI=1S/C14H30N2O2/c1-11-6-7-16(10-13(11)17-4)12(9-15)8-14(2,3)18-5/h11-13H,6-10,15H2,1-5H3. The Kier molecular flexibility index (Phi) is 6.05. The van der Waals surface area contributed by atoms with Crippen LogP contribution >= 0.6 is 0 Å². The Labute approximate surface area is 112 Å². The molecule has 0 spiro atoms. The number of ether oxygens (including phenoxy) is 2. The van der Waals surface area contributed by atoms with Gasteiger partial charge in [0.25, 0.3) is 0 Å². The fraction of sp³-hybridized carbons (Fsp3) is 1.00. The molecule has 18 heavy (non-hydrogen) atoms. The Balaban J connectivity index is 2.60. The molecule has 1 rings (SSSR count). The summed E-state index contributed by atoms with van der Waals surface area (Å²) in [7, 11) is 3.57. The van der Waals surface area contributed by atoms with Crippen LogP contribution in [0, 0.1) is 5.92 Å². The van der Waals surface area contributed by atoms with E-state index >= 15 is 0 Å². The van der Waals surface area contributed by atoms with Gasteiger partial charge < -0.3 is 15.2 Å². The smallest absolute Gasteiger partial charge is 0.0724 e. The molecule has 4 nitrogen and oxygen atoms in total. The number of hydrogen-bond donors (Lipinski definition) is 1. The van der Waals surface area contributed by atoms with Gasteiger partial charge in [-0.05, 0) is 39.2 Å². The van der Waals surface area contributed by atoms with Gasteiger partial charge in [-0.15, -0.1) is 0 Å². The second-order valence-electron chi connectivity index (χ2n) is 6.09. The van der Waals surface area contributed by atoms with Crippen LogP contribution < -0.4 is 5.73 Å². The van der Waals surface area contributed by atoms with Gasteiger partial charge in [-0.3, -0.25) is 4.90 Å². The zero-order chi connectivity index (χ0) is 13.8. The van der Waals surface area contributed by atoms with Crippen LogP contribution in [-0.4, -0.2) is 56.5 Å². The molecule has 1 aliphatic rings. The fourth-order valence-corrected chi connectivity index (χ4v) is 2.71. The van der Waals surface area contributed by atoms with Crippen LogP contribution in [0.1, 0.15) is 33.6 Å². The molecule has 1 fully saturated rings. The molecular formula is C14H30N2O2. The van der Waals surface area contributed by atoms with Crippen molar-refractivity contribution in [2.45, 2.75) is 51.4 Å². The lowest BCUT2D eigenvalue weighted by Gasteiger charge is -2.42. The molecule has 1 aliphatic heterocycles. The van der Waals surface area contributed by atoms with E-state index in [9.17, 15) is 0 Å². The van der Waals surface area contributed by atoms with Crippen molar-refractivity contribution in [1.29, 1.82) is 0 Å². The first-order valence-corrected chi connectivity index (χ1v) is 6.95. The third kappa shape index (κ3) is 4.19. The number of rotatable bonds is 6. The third-order valence-corrected chi connectivity index (χ3v) is 4.29. The first-order valence-electron chi connectivity index (χ1n) is 6.95. The monoisotopic (exact) mass is 258 g/mol. The predicted molar refractivity (Wildman–Crippen MR) is 74.7 cm³/mol. The van der Waals surface area contributed by atoms with Crippen LogP contribution in [0.5, 0.6) is 0 Å². The van der Waals surface area contributed by atoms with Crippen molar-refractivity contribution in [2.75, 3.05) is 33.9 Å². The summed E-state index contributed by atoms with van der Waals surface area (Å²) >= 11 is 0. The maximum atomic E-state index is 5.95. The highest BCUT2D eigenvalue weighted by molar-refractivity contribution is 4.87. The van der Waals surface area contributed by atoms with Crippen molar-refractivity contribution in [2.24, 2.45) is 11.7 Å². The lowest BCUT2D eigenvalue weighted by atomic mass is 9.91. The molecule has 1 saturated heterocycles. The molecule has 108 valence electrons. The molecule has 0 aliphatic carbocycles. The van der Waals surface area contributed by atoms with Gasteiger partial charge in [0.05, 0.1) is 11.7 Å². The molecule has 0 saturated carbocycles. The lowest BCUT2D eigenvalue weighted by Crippen LogP contribution is -2.52. The zero-order valence-electron chi connectivity index (χ0n) is 12.6. The molecule has 0 bridgehead atoms. The largest absolute Gasteiger partial charge is 0.380 e. The summed E-state index contributed by atoms with van der Waals surface area (Å²) in [6, 6.07) is 0.380. The van der Waals surface area contributed by atoms with E-state index in [1.807, 2.05) is 0 Å². The van der Waals surface area contributed by atoms with Crippen LogP contribution in [0.4, 0.5) is 0 Å². The molecule has 0 aromatic carbocycles. The first kappa shape index (κ1) is 15.9. The molecule has 0 amide bonds. The lowest BCUT2D eigenvalue weighted by molar-refractivity contribution is -0.0442. The second kappa shape index (κ2) is 6.85. The Bertz CT molecular complexity index is 246. The molecule has 3 unspecified atom stereocenters. The van der Waals surface area contributed by atoms with E-state index < -0.39 is 0 Å². The topological polar surface area (TPSA) is 47.7 Å². The number of hydrogen-bond acceptors (Lipinski definition) is 4. The predicted octanol–water partition coefficient (Wildman–Crippen LogP) is 1.49. The Morgan fingerprint density at radius 3 is 2.56 bits per heavy atom. The fourth-order valence-electron chi connectivity index (χ4n) is 2.71. The average Bonchev–Trinajstić information content (AvgIpc) is 2.37. The minimum Gasteiger partial charge on any atom is -0.380 e. The molecule has 0 aromatic rings. The number of nitrogens with zero attached hydrogens (tertiary/aromatic N) is 1. The Hall–Kier alpha value is -0.160. The van der Waals surface area contributed by atoms with Gasteiger partial charge in [0.15, 0.2) is 0 Å². The van der Waals surface area contributed by atoms with Crippen LogP contribution in [-0.2, 0) is 9.47 Å². The summed E-state index contributed by atoms with van der Waals surface area (Å²) in [5.41, 5.74) is 5.83. The van der Waals surface area contributed by atoms with Crippen LogP contribution in [0.15, 0.2) is 0 Å².